The van der Waals surface area contributed by atoms with Gasteiger partial charge in [0.2, 0.25) is 15.9 Å². The van der Waals surface area contributed by atoms with Crippen LogP contribution >= 0.6 is 0 Å². The van der Waals surface area contributed by atoms with Crippen molar-refractivity contribution in [2.24, 2.45) is 0 Å². The third-order valence-electron chi connectivity index (χ3n) is 4.35. The fourth-order valence-electron chi connectivity index (χ4n) is 2.78. The van der Waals surface area contributed by atoms with E-state index in [2.05, 4.69) is 14.9 Å². The molecule has 1 aliphatic rings. The van der Waals surface area contributed by atoms with E-state index in [1.165, 1.54) is 32.2 Å². The molecule has 1 fully saturated rings. The molecule has 0 spiro atoms. The third kappa shape index (κ3) is 5.16. The summed E-state index contributed by atoms with van der Waals surface area (Å²) in [7, 11) is -2.27. The van der Waals surface area contributed by atoms with E-state index in [1.807, 2.05) is 13.8 Å². The number of ether oxygens (including phenoxy) is 2. The van der Waals surface area contributed by atoms with Gasteiger partial charge in [-0.05, 0) is 32.0 Å². The van der Waals surface area contributed by atoms with Gasteiger partial charge >= 0.3 is 0 Å². The van der Waals surface area contributed by atoms with Gasteiger partial charge in [-0.15, -0.1) is 0 Å². The normalized spacial score (nSPS) is 16.3. The number of carbonyl (C=O) groups is 1. The van der Waals surface area contributed by atoms with E-state index >= 15 is 0 Å². The molecule has 0 saturated carbocycles. The van der Waals surface area contributed by atoms with Crippen molar-refractivity contribution >= 4 is 21.6 Å². The summed E-state index contributed by atoms with van der Waals surface area (Å²) in [5.41, 5.74) is -0.0284. The lowest BCUT2D eigenvalue weighted by Crippen LogP contribution is -2.55. The van der Waals surface area contributed by atoms with Crippen molar-refractivity contribution in [3.63, 3.8) is 0 Å². The summed E-state index contributed by atoms with van der Waals surface area (Å²) in [6.45, 7) is 8.44. The predicted octanol–water partition coefficient (Wildman–Crippen LogP) is 1.04. The number of rotatable bonds is 7. The van der Waals surface area contributed by atoms with Crippen molar-refractivity contribution in [3.8, 4) is 5.75 Å². The Labute approximate surface area is 154 Å². The van der Waals surface area contributed by atoms with Crippen LogP contribution in [-0.4, -0.2) is 64.7 Å². The lowest BCUT2D eigenvalue weighted by atomic mass is 10.0. The SMILES string of the molecule is COc1ccc(S(=O)(=O)NCC(C)(C)N2CCOCC2)cc1NC(C)=O. The van der Waals surface area contributed by atoms with Crippen LogP contribution in [0.1, 0.15) is 20.8 Å². The first kappa shape index (κ1) is 20.6. The Bertz CT molecular complexity index is 743. The Hall–Kier alpha value is -1.68. The largest absolute Gasteiger partial charge is 0.495 e. The zero-order valence-electron chi connectivity index (χ0n) is 15.7. The average Bonchev–Trinajstić information content (AvgIpc) is 2.60. The summed E-state index contributed by atoms with van der Waals surface area (Å²) in [6, 6.07) is 4.37. The number of carbonyl (C=O) groups excluding carboxylic acids is 1. The fraction of sp³-hybridized carbons (Fsp3) is 0.588. The standard InChI is InChI=1S/C17H27N3O5S/c1-13(21)19-15-11-14(5-6-16(15)24-4)26(22,23)18-12-17(2,3)20-7-9-25-10-8-20/h5-6,11,18H,7-10,12H2,1-4H3,(H,19,21). The highest BCUT2D eigenvalue weighted by Crippen LogP contribution is 2.27. The summed E-state index contributed by atoms with van der Waals surface area (Å²) in [4.78, 5) is 13.6. The van der Waals surface area contributed by atoms with Crippen molar-refractivity contribution < 1.29 is 22.7 Å². The van der Waals surface area contributed by atoms with Crippen LogP contribution in [0.3, 0.4) is 0 Å². The second-order valence-corrected chi connectivity index (χ2v) is 8.55. The van der Waals surface area contributed by atoms with Gasteiger partial charge in [-0.2, -0.15) is 0 Å². The van der Waals surface area contributed by atoms with Crippen molar-refractivity contribution in [1.82, 2.24) is 9.62 Å². The van der Waals surface area contributed by atoms with E-state index in [-0.39, 0.29) is 22.9 Å². The maximum Gasteiger partial charge on any atom is 0.240 e. The van der Waals surface area contributed by atoms with Crippen molar-refractivity contribution in [1.29, 1.82) is 0 Å². The average molecular weight is 385 g/mol. The van der Waals surface area contributed by atoms with E-state index in [9.17, 15) is 13.2 Å². The second-order valence-electron chi connectivity index (χ2n) is 6.78. The van der Waals surface area contributed by atoms with Gasteiger partial charge in [0.15, 0.2) is 0 Å². The van der Waals surface area contributed by atoms with Crippen LogP contribution in [0.5, 0.6) is 5.75 Å². The number of benzene rings is 1. The van der Waals surface area contributed by atoms with Gasteiger partial charge in [0.25, 0.3) is 0 Å². The minimum absolute atomic E-state index is 0.0693. The highest BCUT2D eigenvalue weighted by atomic mass is 32.2. The lowest BCUT2D eigenvalue weighted by molar-refractivity contribution is -0.114. The zero-order chi connectivity index (χ0) is 19.4. The molecule has 0 bridgehead atoms. The van der Waals surface area contributed by atoms with Crippen LogP contribution in [0.25, 0.3) is 0 Å². The lowest BCUT2D eigenvalue weighted by Gasteiger charge is -2.40. The van der Waals surface area contributed by atoms with Gasteiger partial charge in [0, 0.05) is 32.1 Å². The van der Waals surface area contributed by atoms with E-state index in [1.54, 1.807) is 0 Å². The molecule has 0 aliphatic carbocycles. The molecular formula is C17H27N3O5S. The summed E-state index contributed by atoms with van der Waals surface area (Å²) in [5.74, 6) is 0.0899. The molecule has 1 saturated heterocycles. The van der Waals surface area contributed by atoms with Crippen LogP contribution in [-0.2, 0) is 19.6 Å². The number of hydrogen-bond acceptors (Lipinski definition) is 6. The molecule has 1 aromatic rings. The molecular weight excluding hydrogens is 358 g/mol. The molecule has 2 N–H and O–H groups in total. The number of methoxy groups -OCH3 is 1. The Balaban J connectivity index is 2.15. The molecule has 26 heavy (non-hydrogen) atoms. The predicted molar refractivity (Wildman–Crippen MR) is 99.0 cm³/mol. The van der Waals surface area contributed by atoms with Crippen LogP contribution in [0.2, 0.25) is 0 Å². The van der Waals surface area contributed by atoms with Gasteiger partial charge in [0.05, 0.1) is 30.9 Å². The zero-order valence-corrected chi connectivity index (χ0v) is 16.5. The Kier molecular flexibility index (Phi) is 6.62. The minimum atomic E-state index is -3.73. The molecule has 0 unspecified atom stereocenters. The first-order valence-corrected chi connectivity index (χ1v) is 9.92. The quantitative estimate of drug-likeness (QED) is 0.728. The van der Waals surface area contributed by atoms with E-state index in [0.29, 0.717) is 24.7 Å². The van der Waals surface area contributed by atoms with Gasteiger partial charge < -0.3 is 14.8 Å². The molecule has 146 valence electrons. The molecule has 1 heterocycles. The van der Waals surface area contributed by atoms with Crippen LogP contribution < -0.4 is 14.8 Å². The maximum absolute atomic E-state index is 12.7. The van der Waals surface area contributed by atoms with Crippen molar-refractivity contribution in [2.45, 2.75) is 31.2 Å². The topological polar surface area (TPSA) is 97.0 Å². The number of nitrogens with one attached hydrogen (secondary N) is 2. The summed E-state index contributed by atoms with van der Waals surface area (Å²) in [6.07, 6.45) is 0. The summed E-state index contributed by atoms with van der Waals surface area (Å²) >= 11 is 0. The highest BCUT2D eigenvalue weighted by molar-refractivity contribution is 7.89. The molecule has 0 radical (unpaired) electrons. The third-order valence-corrected chi connectivity index (χ3v) is 5.75. The first-order valence-electron chi connectivity index (χ1n) is 8.44. The molecule has 2 rings (SSSR count). The summed E-state index contributed by atoms with van der Waals surface area (Å²) < 4.78 is 38.6. The molecule has 1 aliphatic heterocycles. The van der Waals surface area contributed by atoms with Gasteiger partial charge in [-0.1, -0.05) is 0 Å². The Morgan fingerprint density at radius 3 is 2.54 bits per heavy atom. The fourth-order valence-corrected chi connectivity index (χ4v) is 4.01. The smallest absolute Gasteiger partial charge is 0.240 e. The van der Waals surface area contributed by atoms with Crippen LogP contribution in [0, 0.1) is 0 Å². The van der Waals surface area contributed by atoms with Crippen molar-refractivity contribution in [3.05, 3.63) is 18.2 Å². The number of anilines is 1. The first-order chi connectivity index (χ1) is 12.2. The Morgan fingerprint density at radius 1 is 1.31 bits per heavy atom. The molecule has 0 atom stereocenters. The van der Waals surface area contributed by atoms with Crippen molar-refractivity contribution in [2.75, 3.05) is 45.3 Å². The van der Waals surface area contributed by atoms with Gasteiger partial charge in [-0.25, -0.2) is 13.1 Å². The van der Waals surface area contributed by atoms with Crippen LogP contribution in [0.15, 0.2) is 23.1 Å². The Morgan fingerprint density at radius 2 is 1.96 bits per heavy atom. The van der Waals surface area contributed by atoms with Gasteiger partial charge in [-0.3, -0.25) is 9.69 Å². The van der Waals surface area contributed by atoms with E-state index in [4.69, 9.17) is 9.47 Å². The number of sulfonamides is 1. The van der Waals surface area contributed by atoms with E-state index in [0.717, 1.165) is 13.1 Å². The maximum atomic E-state index is 12.7. The molecule has 0 aromatic heterocycles. The van der Waals surface area contributed by atoms with E-state index < -0.39 is 10.0 Å². The minimum Gasteiger partial charge on any atom is -0.495 e. The number of hydrogen-bond donors (Lipinski definition) is 2. The molecule has 8 nitrogen and oxygen atoms in total. The number of morpholine rings is 1. The van der Waals surface area contributed by atoms with Gasteiger partial charge in [0.1, 0.15) is 5.75 Å². The second kappa shape index (κ2) is 8.34. The number of amides is 1. The summed E-state index contributed by atoms with van der Waals surface area (Å²) in [5, 5.41) is 2.58. The van der Waals surface area contributed by atoms with Crippen LogP contribution in [0.4, 0.5) is 5.69 Å². The molecule has 9 heteroatoms. The highest BCUT2D eigenvalue weighted by Gasteiger charge is 2.30. The molecule has 1 aromatic carbocycles. The molecule has 1 amide bonds. The monoisotopic (exact) mass is 385 g/mol. The number of nitrogens with zero attached hydrogens (tertiary/aromatic N) is 1.